The van der Waals surface area contributed by atoms with Gasteiger partial charge in [0.1, 0.15) is 5.82 Å². The predicted molar refractivity (Wildman–Crippen MR) is 79.1 cm³/mol. The maximum atomic E-state index is 14.2. The van der Waals surface area contributed by atoms with Crippen molar-refractivity contribution < 1.29 is 4.39 Å². The maximum absolute atomic E-state index is 14.2. The van der Waals surface area contributed by atoms with Gasteiger partial charge in [0, 0.05) is 19.1 Å². The van der Waals surface area contributed by atoms with E-state index in [1.807, 2.05) is 6.07 Å². The van der Waals surface area contributed by atoms with Crippen LogP contribution in [0.3, 0.4) is 0 Å². The Kier molecular flexibility index (Phi) is 5.20. The minimum Gasteiger partial charge on any atom is -0.369 e. The number of anilines is 1. The monoisotopic (exact) mass is 264 g/mol. The number of hydrogen-bond acceptors (Lipinski definition) is 2. The Morgan fingerprint density at radius 3 is 2.53 bits per heavy atom. The molecule has 1 fully saturated rings. The van der Waals surface area contributed by atoms with Crippen LogP contribution in [-0.2, 0) is 6.42 Å². The fourth-order valence-corrected chi connectivity index (χ4v) is 2.80. The average Bonchev–Trinajstić information content (AvgIpc) is 2.67. The molecule has 0 aromatic heterocycles. The molecule has 0 aliphatic carbocycles. The zero-order chi connectivity index (χ0) is 13.7. The highest BCUT2D eigenvalue weighted by Crippen LogP contribution is 2.28. The molecule has 0 saturated carbocycles. The lowest BCUT2D eigenvalue weighted by molar-refractivity contribution is 0.603. The Labute approximate surface area is 115 Å². The van der Waals surface area contributed by atoms with Crippen molar-refractivity contribution >= 4 is 5.69 Å². The Morgan fingerprint density at radius 2 is 1.89 bits per heavy atom. The molecule has 1 aromatic rings. The summed E-state index contributed by atoms with van der Waals surface area (Å²) in [5.41, 5.74) is 7.91. The Morgan fingerprint density at radius 1 is 1.21 bits per heavy atom. The molecule has 1 aliphatic rings. The SMILES string of the molecule is CCC(N)Cc1cccc(F)c1N1CCCCCC1. The number of para-hydroxylation sites is 1. The average molecular weight is 264 g/mol. The molecule has 1 aliphatic heterocycles. The van der Waals surface area contributed by atoms with Gasteiger partial charge >= 0.3 is 0 Å². The van der Waals surface area contributed by atoms with Gasteiger partial charge in [-0.1, -0.05) is 31.9 Å². The molecule has 0 bridgehead atoms. The summed E-state index contributed by atoms with van der Waals surface area (Å²) in [6.07, 6.45) is 6.53. The summed E-state index contributed by atoms with van der Waals surface area (Å²) in [5, 5.41) is 0. The minimum atomic E-state index is -0.0947. The Bertz CT molecular complexity index is 398. The molecule has 3 heteroatoms. The second-order valence-electron chi connectivity index (χ2n) is 5.52. The van der Waals surface area contributed by atoms with Crippen LogP contribution >= 0.6 is 0 Å². The van der Waals surface area contributed by atoms with E-state index in [0.29, 0.717) is 0 Å². The second kappa shape index (κ2) is 6.90. The zero-order valence-corrected chi connectivity index (χ0v) is 11.9. The normalized spacial score (nSPS) is 18.2. The van der Waals surface area contributed by atoms with E-state index in [1.54, 1.807) is 12.1 Å². The van der Waals surface area contributed by atoms with Crippen LogP contribution in [0.1, 0.15) is 44.6 Å². The van der Waals surface area contributed by atoms with Gasteiger partial charge in [0.15, 0.2) is 0 Å². The van der Waals surface area contributed by atoms with Crippen LogP contribution in [0.5, 0.6) is 0 Å². The van der Waals surface area contributed by atoms with E-state index < -0.39 is 0 Å². The number of nitrogens with zero attached hydrogens (tertiary/aromatic N) is 1. The Hall–Kier alpha value is -1.09. The van der Waals surface area contributed by atoms with Crippen LogP contribution in [0, 0.1) is 5.82 Å². The summed E-state index contributed by atoms with van der Waals surface area (Å²) in [7, 11) is 0. The first kappa shape index (κ1) is 14.3. The molecule has 2 N–H and O–H groups in total. The predicted octanol–water partition coefficient (Wildman–Crippen LogP) is 3.49. The first-order chi connectivity index (χ1) is 9.22. The minimum absolute atomic E-state index is 0.0947. The van der Waals surface area contributed by atoms with Crippen LogP contribution in [0.2, 0.25) is 0 Å². The van der Waals surface area contributed by atoms with Gasteiger partial charge in [-0.05, 0) is 37.3 Å². The zero-order valence-electron chi connectivity index (χ0n) is 11.9. The quantitative estimate of drug-likeness (QED) is 0.902. The summed E-state index contributed by atoms with van der Waals surface area (Å²) >= 11 is 0. The van der Waals surface area contributed by atoms with E-state index in [9.17, 15) is 4.39 Å². The van der Waals surface area contributed by atoms with Gasteiger partial charge in [-0.3, -0.25) is 0 Å². The van der Waals surface area contributed by atoms with Crippen molar-refractivity contribution in [1.82, 2.24) is 0 Å². The molecule has 1 heterocycles. The van der Waals surface area contributed by atoms with Gasteiger partial charge in [-0.25, -0.2) is 4.39 Å². The summed E-state index contributed by atoms with van der Waals surface area (Å²) in [6, 6.07) is 5.52. The van der Waals surface area contributed by atoms with Crippen molar-refractivity contribution in [3.05, 3.63) is 29.6 Å². The molecule has 1 unspecified atom stereocenters. The highest BCUT2D eigenvalue weighted by molar-refractivity contribution is 5.55. The Balaban J connectivity index is 2.25. The molecular formula is C16H25FN2. The lowest BCUT2D eigenvalue weighted by Gasteiger charge is -2.26. The topological polar surface area (TPSA) is 29.3 Å². The highest BCUT2D eigenvalue weighted by atomic mass is 19.1. The standard InChI is InChI=1S/C16H25FN2/c1-2-14(18)12-13-8-7-9-15(17)16(13)19-10-5-3-4-6-11-19/h7-9,14H,2-6,10-12,18H2,1H3. The first-order valence-corrected chi connectivity index (χ1v) is 7.50. The molecule has 1 aromatic carbocycles. The van der Waals surface area contributed by atoms with Gasteiger partial charge < -0.3 is 10.6 Å². The number of halogens is 1. The van der Waals surface area contributed by atoms with Gasteiger partial charge in [-0.15, -0.1) is 0 Å². The van der Waals surface area contributed by atoms with Crippen molar-refractivity contribution in [2.45, 2.75) is 51.5 Å². The molecule has 0 amide bonds. The molecule has 1 saturated heterocycles. The molecule has 19 heavy (non-hydrogen) atoms. The fraction of sp³-hybridized carbons (Fsp3) is 0.625. The third-order valence-corrected chi connectivity index (χ3v) is 4.00. The van der Waals surface area contributed by atoms with E-state index in [4.69, 9.17) is 5.73 Å². The van der Waals surface area contributed by atoms with E-state index >= 15 is 0 Å². The number of rotatable bonds is 4. The highest BCUT2D eigenvalue weighted by Gasteiger charge is 2.18. The van der Waals surface area contributed by atoms with E-state index in [1.165, 1.54) is 12.8 Å². The molecule has 1 atom stereocenters. The van der Waals surface area contributed by atoms with E-state index in [0.717, 1.165) is 50.0 Å². The van der Waals surface area contributed by atoms with E-state index in [-0.39, 0.29) is 11.9 Å². The molecule has 106 valence electrons. The first-order valence-electron chi connectivity index (χ1n) is 7.50. The largest absolute Gasteiger partial charge is 0.369 e. The molecule has 0 spiro atoms. The van der Waals surface area contributed by atoms with Crippen LogP contribution in [-0.4, -0.2) is 19.1 Å². The lowest BCUT2D eigenvalue weighted by Crippen LogP contribution is -2.28. The van der Waals surface area contributed by atoms with E-state index in [2.05, 4.69) is 11.8 Å². The molecular weight excluding hydrogens is 239 g/mol. The molecule has 2 nitrogen and oxygen atoms in total. The van der Waals surface area contributed by atoms with Gasteiger partial charge in [0.05, 0.1) is 5.69 Å². The van der Waals surface area contributed by atoms with Crippen molar-refractivity contribution in [1.29, 1.82) is 0 Å². The van der Waals surface area contributed by atoms with Crippen molar-refractivity contribution in [2.75, 3.05) is 18.0 Å². The maximum Gasteiger partial charge on any atom is 0.146 e. The van der Waals surface area contributed by atoms with Crippen LogP contribution < -0.4 is 10.6 Å². The number of nitrogens with two attached hydrogens (primary N) is 1. The van der Waals surface area contributed by atoms with Crippen molar-refractivity contribution in [2.24, 2.45) is 5.73 Å². The molecule has 0 radical (unpaired) electrons. The number of hydrogen-bond donors (Lipinski definition) is 1. The molecule has 2 rings (SSSR count). The second-order valence-corrected chi connectivity index (χ2v) is 5.52. The lowest BCUT2D eigenvalue weighted by atomic mass is 10.0. The summed E-state index contributed by atoms with van der Waals surface area (Å²) in [6.45, 7) is 4.01. The van der Waals surface area contributed by atoms with Gasteiger partial charge in [0.2, 0.25) is 0 Å². The summed E-state index contributed by atoms with van der Waals surface area (Å²) in [4.78, 5) is 2.22. The van der Waals surface area contributed by atoms with Crippen LogP contribution in [0.15, 0.2) is 18.2 Å². The van der Waals surface area contributed by atoms with Gasteiger partial charge in [0.25, 0.3) is 0 Å². The number of benzene rings is 1. The van der Waals surface area contributed by atoms with Gasteiger partial charge in [-0.2, -0.15) is 0 Å². The smallest absolute Gasteiger partial charge is 0.146 e. The van der Waals surface area contributed by atoms with Crippen molar-refractivity contribution in [3.63, 3.8) is 0 Å². The van der Waals surface area contributed by atoms with Crippen LogP contribution in [0.4, 0.5) is 10.1 Å². The summed E-state index contributed by atoms with van der Waals surface area (Å²) in [5.74, 6) is -0.0947. The fourth-order valence-electron chi connectivity index (χ4n) is 2.80. The summed E-state index contributed by atoms with van der Waals surface area (Å²) < 4.78 is 14.2. The third kappa shape index (κ3) is 3.69. The van der Waals surface area contributed by atoms with Crippen LogP contribution in [0.25, 0.3) is 0 Å². The van der Waals surface area contributed by atoms with Crippen molar-refractivity contribution in [3.8, 4) is 0 Å². The third-order valence-electron chi connectivity index (χ3n) is 4.00.